The van der Waals surface area contributed by atoms with E-state index in [4.69, 9.17) is 23.2 Å². The Kier molecular flexibility index (Phi) is 5.56. The largest absolute Gasteiger partial charge is 0.327 e. The predicted octanol–water partition coefficient (Wildman–Crippen LogP) is 3.91. The van der Waals surface area contributed by atoms with Crippen molar-refractivity contribution in [3.63, 3.8) is 0 Å². The number of likely N-dealkylation sites (tertiary alicyclic amines) is 1. The third-order valence-corrected chi connectivity index (χ3v) is 8.37. The van der Waals surface area contributed by atoms with Gasteiger partial charge in [0.1, 0.15) is 5.54 Å². The highest BCUT2D eigenvalue weighted by atomic mass is 35.5. The van der Waals surface area contributed by atoms with Crippen LogP contribution in [0.3, 0.4) is 0 Å². The number of carbonyl (C=O) groups is 2. The van der Waals surface area contributed by atoms with Crippen LogP contribution in [0.2, 0.25) is 10.0 Å². The van der Waals surface area contributed by atoms with Gasteiger partial charge in [-0.25, -0.2) is 13.1 Å². The van der Waals surface area contributed by atoms with Gasteiger partial charge in [0, 0.05) is 16.6 Å². The molecular weight excluding hydrogens is 459 g/mol. The van der Waals surface area contributed by atoms with Crippen molar-refractivity contribution in [2.45, 2.75) is 48.5 Å². The van der Waals surface area contributed by atoms with Crippen molar-refractivity contribution in [3.8, 4) is 0 Å². The summed E-state index contributed by atoms with van der Waals surface area (Å²) in [4.78, 5) is 28.0. The van der Waals surface area contributed by atoms with Crippen molar-refractivity contribution in [1.82, 2.24) is 9.62 Å². The molecule has 1 saturated carbocycles. The van der Waals surface area contributed by atoms with E-state index in [-0.39, 0.29) is 10.8 Å². The zero-order valence-corrected chi connectivity index (χ0v) is 19.2. The fourth-order valence-electron chi connectivity index (χ4n) is 4.21. The number of hydrogen-bond donors (Lipinski definition) is 1. The van der Waals surface area contributed by atoms with E-state index >= 15 is 0 Å². The van der Waals surface area contributed by atoms with Crippen LogP contribution in [0.4, 0.5) is 0 Å². The van der Waals surface area contributed by atoms with Crippen molar-refractivity contribution < 1.29 is 18.0 Å². The minimum absolute atomic E-state index is 0.0670. The van der Waals surface area contributed by atoms with Crippen molar-refractivity contribution in [2.24, 2.45) is 0 Å². The Hall–Kier alpha value is -2.09. The summed E-state index contributed by atoms with van der Waals surface area (Å²) in [6.07, 6.45) is 2.67. The van der Waals surface area contributed by atoms with E-state index in [2.05, 4.69) is 4.72 Å². The molecule has 164 valence electrons. The van der Waals surface area contributed by atoms with Crippen LogP contribution < -0.4 is 4.72 Å². The normalized spacial score (nSPS) is 22.2. The average Bonchev–Trinajstić information content (AvgIpc) is 2.67. The fraction of sp³-hybridized carbons (Fsp3) is 0.364. The zero-order chi connectivity index (χ0) is 22.4. The van der Waals surface area contributed by atoms with Gasteiger partial charge < -0.3 is 4.90 Å². The Bertz CT molecular complexity index is 1130. The first-order valence-corrected chi connectivity index (χ1v) is 12.2. The first-order chi connectivity index (χ1) is 14.6. The van der Waals surface area contributed by atoms with Crippen LogP contribution >= 0.6 is 23.2 Å². The molecule has 2 amide bonds. The molecular formula is C22H22Cl2N2O4S. The number of sulfonamides is 1. The van der Waals surface area contributed by atoms with Gasteiger partial charge in [0.15, 0.2) is 0 Å². The number of rotatable bonds is 5. The maximum atomic E-state index is 13.6. The maximum absolute atomic E-state index is 13.6. The molecule has 1 atom stereocenters. The van der Waals surface area contributed by atoms with Crippen LogP contribution in [0.1, 0.15) is 38.2 Å². The second-order valence-electron chi connectivity index (χ2n) is 8.31. The van der Waals surface area contributed by atoms with Crippen molar-refractivity contribution in [1.29, 1.82) is 0 Å². The first-order valence-electron chi connectivity index (χ1n) is 9.99. The highest BCUT2D eigenvalue weighted by Crippen LogP contribution is 2.48. The van der Waals surface area contributed by atoms with Gasteiger partial charge in [0.2, 0.25) is 5.91 Å². The molecule has 1 saturated heterocycles. The third kappa shape index (κ3) is 3.73. The van der Waals surface area contributed by atoms with E-state index in [1.807, 2.05) is 12.1 Å². The van der Waals surface area contributed by atoms with Crippen molar-refractivity contribution in [2.75, 3.05) is 6.54 Å². The highest BCUT2D eigenvalue weighted by molar-refractivity contribution is 7.90. The Morgan fingerprint density at radius 2 is 1.48 bits per heavy atom. The summed E-state index contributed by atoms with van der Waals surface area (Å²) in [6.45, 7) is 2.01. The van der Waals surface area contributed by atoms with E-state index in [1.54, 1.807) is 19.1 Å². The average molecular weight is 481 g/mol. The molecule has 2 fully saturated rings. The van der Waals surface area contributed by atoms with Crippen LogP contribution in [0.15, 0.2) is 53.4 Å². The van der Waals surface area contributed by atoms with E-state index in [0.717, 1.165) is 12.0 Å². The molecule has 2 aliphatic rings. The number of carbonyl (C=O) groups excluding carboxylic acids is 2. The number of hydrogen-bond acceptors (Lipinski definition) is 4. The lowest BCUT2D eigenvalue weighted by Gasteiger charge is -2.54. The summed E-state index contributed by atoms with van der Waals surface area (Å²) in [5, 5.41) is 0.979. The molecule has 0 aromatic heterocycles. The van der Waals surface area contributed by atoms with Crippen molar-refractivity contribution in [3.05, 3.63) is 64.1 Å². The number of amides is 2. The van der Waals surface area contributed by atoms with Crippen LogP contribution in [0.5, 0.6) is 0 Å². The summed E-state index contributed by atoms with van der Waals surface area (Å²) in [6, 6.07) is 12.7. The summed E-state index contributed by atoms with van der Waals surface area (Å²) in [5.74, 6) is -0.860. The Morgan fingerprint density at radius 3 is 1.94 bits per heavy atom. The Labute approximate surface area is 191 Å². The van der Waals surface area contributed by atoms with Gasteiger partial charge >= 0.3 is 0 Å². The van der Waals surface area contributed by atoms with Gasteiger partial charge in [-0.3, -0.25) is 9.59 Å². The third-order valence-electron chi connectivity index (χ3n) is 6.52. The smallest absolute Gasteiger partial charge is 0.264 e. The standard InChI is InChI=1S/C22H22Cl2N2O4S/c1-21(19(27)25-31(29,30)18-9-7-17(24)8-10-18)13-14-26(21)20(28)22(11-2-12-22)15-3-5-16(23)6-4-15/h3-10H,2,11-14H2,1H3,(H,25,27). The maximum Gasteiger partial charge on any atom is 0.264 e. The molecule has 31 heavy (non-hydrogen) atoms. The lowest BCUT2D eigenvalue weighted by Crippen LogP contribution is -2.71. The molecule has 2 aromatic carbocycles. The molecule has 0 bridgehead atoms. The second kappa shape index (κ2) is 7.80. The van der Waals surface area contributed by atoms with Gasteiger partial charge in [0.05, 0.1) is 10.3 Å². The van der Waals surface area contributed by atoms with E-state index < -0.39 is 26.9 Å². The van der Waals surface area contributed by atoms with Gasteiger partial charge in [-0.05, 0) is 68.1 Å². The van der Waals surface area contributed by atoms with Crippen LogP contribution in [-0.4, -0.2) is 37.2 Å². The zero-order valence-electron chi connectivity index (χ0n) is 16.9. The van der Waals surface area contributed by atoms with Crippen LogP contribution in [0.25, 0.3) is 0 Å². The number of benzene rings is 2. The monoisotopic (exact) mass is 480 g/mol. The summed E-state index contributed by atoms with van der Waals surface area (Å²) >= 11 is 11.8. The lowest BCUT2D eigenvalue weighted by molar-refractivity contribution is -0.163. The Morgan fingerprint density at radius 1 is 0.935 bits per heavy atom. The highest BCUT2D eigenvalue weighted by Gasteiger charge is 2.57. The van der Waals surface area contributed by atoms with Crippen molar-refractivity contribution >= 4 is 45.0 Å². The molecule has 6 nitrogen and oxygen atoms in total. The van der Waals surface area contributed by atoms with Crippen LogP contribution in [0, 0.1) is 0 Å². The number of nitrogens with zero attached hydrogens (tertiary/aromatic N) is 1. The molecule has 1 aliphatic carbocycles. The minimum Gasteiger partial charge on any atom is -0.327 e. The van der Waals surface area contributed by atoms with E-state index in [9.17, 15) is 18.0 Å². The SMILES string of the molecule is CC1(C(=O)NS(=O)(=O)c2ccc(Cl)cc2)CCN1C(=O)C1(c2ccc(Cl)cc2)CCC1. The second-order valence-corrected chi connectivity index (χ2v) is 10.9. The van der Waals surface area contributed by atoms with Gasteiger partial charge in [-0.2, -0.15) is 0 Å². The predicted molar refractivity (Wildman–Crippen MR) is 118 cm³/mol. The van der Waals surface area contributed by atoms with E-state index in [0.29, 0.717) is 35.9 Å². The lowest BCUT2D eigenvalue weighted by atomic mass is 9.62. The number of nitrogens with one attached hydrogen (secondary N) is 1. The molecule has 0 radical (unpaired) electrons. The molecule has 1 unspecified atom stereocenters. The summed E-state index contributed by atoms with van der Waals surface area (Å²) < 4.78 is 27.4. The molecule has 2 aromatic rings. The molecule has 1 N–H and O–H groups in total. The molecule has 0 spiro atoms. The van der Waals surface area contributed by atoms with Gasteiger partial charge in [-0.15, -0.1) is 0 Å². The topological polar surface area (TPSA) is 83.6 Å². The van der Waals surface area contributed by atoms with E-state index in [1.165, 1.54) is 29.2 Å². The van der Waals surface area contributed by atoms with Crippen LogP contribution in [-0.2, 0) is 25.0 Å². The van der Waals surface area contributed by atoms with Gasteiger partial charge in [-0.1, -0.05) is 41.8 Å². The van der Waals surface area contributed by atoms with Gasteiger partial charge in [0.25, 0.3) is 15.9 Å². The molecule has 4 rings (SSSR count). The summed E-state index contributed by atoms with van der Waals surface area (Å²) in [7, 11) is -4.08. The minimum atomic E-state index is -4.08. The fourth-order valence-corrected chi connectivity index (χ4v) is 5.54. The quantitative estimate of drug-likeness (QED) is 0.702. The Balaban J connectivity index is 1.55. The first kappa shape index (κ1) is 22.1. The number of halogens is 2. The molecule has 9 heteroatoms. The molecule has 1 aliphatic heterocycles. The summed E-state index contributed by atoms with van der Waals surface area (Å²) in [5.41, 5.74) is -1.05. The molecule has 1 heterocycles.